The molecule has 6 heteroatoms. The molecule has 0 aliphatic rings. The number of carbonyl (C=O) groups excluding carboxylic acids is 2. The molecule has 2 amide bonds. The van der Waals surface area contributed by atoms with Crippen molar-refractivity contribution in [3.63, 3.8) is 0 Å². The highest BCUT2D eigenvalue weighted by atomic mass is 35.5. The quantitative estimate of drug-likeness (QED) is 0.774. The molecule has 0 spiro atoms. The summed E-state index contributed by atoms with van der Waals surface area (Å²) in [6.07, 6.45) is 0. The maximum Gasteiger partial charge on any atom is 0.238 e. The van der Waals surface area contributed by atoms with E-state index in [0.717, 1.165) is 16.8 Å². The third kappa shape index (κ3) is 6.17. The summed E-state index contributed by atoms with van der Waals surface area (Å²) in [5, 5.41) is 6.27. The molecule has 0 saturated heterocycles. The van der Waals surface area contributed by atoms with Gasteiger partial charge in [-0.3, -0.25) is 14.5 Å². The first-order chi connectivity index (χ1) is 12.4. The average Bonchev–Trinajstić information content (AvgIpc) is 2.57. The van der Waals surface area contributed by atoms with E-state index in [1.54, 1.807) is 17.0 Å². The monoisotopic (exact) mass is 373 g/mol. The van der Waals surface area contributed by atoms with Gasteiger partial charge in [-0.1, -0.05) is 36.7 Å². The van der Waals surface area contributed by atoms with Crippen molar-refractivity contribution in [3.05, 3.63) is 58.6 Å². The van der Waals surface area contributed by atoms with E-state index >= 15 is 0 Å². The van der Waals surface area contributed by atoms with Crippen molar-refractivity contribution in [3.8, 4) is 0 Å². The molecule has 2 rings (SSSR count). The number of anilines is 2. The van der Waals surface area contributed by atoms with Crippen LogP contribution in [0.25, 0.3) is 0 Å². The number of likely N-dealkylation sites (N-methyl/N-ethyl adjacent to an activating group) is 1. The predicted octanol–water partition coefficient (Wildman–Crippen LogP) is 3.86. The minimum atomic E-state index is -0.180. The zero-order valence-corrected chi connectivity index (χ0v) is 16.1. The van der Waals surface area contributed by atoms with Crippen molar-refractivity contribution in [1.82, 2.24) is 4.90 Å². The van der Waals surface area contributed by atoms with Crippen molar-refractivity contribution in [2.75, 3.05) is 30.3 Å². The van der Waals surface area contributed by atoms with Gasteiger partial charge < -0.3 is 10.6 Å². The molecule has 0 radical (unpaired) electrons. The standard InChI is InChI=1S/C20H24ClN3O2/c1-4-24(12-19(25)22-17-7-5-6-14(2)10-17)13-20(26)23-18-11-16(21)9-8-15(18)3/h5-11H,4,12-13H2,1-3H3,(H,22,25)(H,23,26). The molecule has 5 nitrogen and oxygen atoms in total. The second-order valence-electron chi connectivity index (χ2n) is 6.23. The van der Waals surface area contributed by atoms with Gasteiger partial charge in [0.05, 0.1) is 13.1 Å². The molecule has 0 atom stereocenters. The van der Waals surface area contributed by atoms with Crippen molar-refractivity contribution >= 4 is 34.8 Å². The lowest BCUT2D eigenvalue weighted by atomic mass is 10.2. The van der Waals surface area contributed by atoms with Crippen molar-refractivity contribution in [1.29, 1.82) is 0 Å². The molecule has 0 unspecified atom stereocenters. The Morgan fingerprint density at radius 1 is 1.00 bits per heavy atom. The molecule has 0 heterocycles. The molecule has 2 N–H and O–H groups in total. The maximum absolute atomic E-state index is 12.3. The maximum atomic E-state index is 12.3. The van der Waals surface area contributed by atoms with Gasteiger partial charge in [0.2, 0.25) is 11.8 Å². The second kappa shape index (κ2) is 9.36. The number of benzene rings is 2. The summed E-state index contributed by atoms with van der Waals surface area (Å²) >= 11 is 5.98. The number of nitrogens with one attached hydrogen (secondary N) is 2. The van der Waals surface area contributed by atoms with Crippen LogP contribution in [0.3, 0.4) is 0 Å². The van der Waals surface area contributed by atoms with E-state index in [1.165, 1.54) is 0 Å². The molecule has 0 aliphatic carbocycles. The molecule has 2 aromatic carbocycles. The van der Waals surface area contributed by atoms with Gasteiger partial charge in [-0.25, -0.2) is 0 Å². The third-order valence-electron chi connectivity index (χ3n) is 3.96. The average molecular weight is 374 g/mol. The Hall–Kier alpha value is -2.37. The van der Waals surface area contributed by atoms with Crippen molar-refractivity contribution < 1.29 is 9.59 Å². The van der Waals surface area contributed by atoms with Crippen LogP contribution in [0, 0.1) is 13.8 Å². The summed E-state index contributed by atoms with van der Waals surface area (Å²) in [5.74, 6) is -0.329. The lowest BCUT2D eigenvalue weighted by Crippen LogP contribution is -2.38. The fraction of sp³-hybridized carbons (Fsp3) is 0.300. The molecule has 138 valence electrons. The number of aryl methyl sites for hydroxylation is 2. The first-order valence-electron chi connectivity index (χ1n) is 8.52. The van der Waals surface area contributed by atoms with Crippen LogP contribution in [-0.4, -0.2) is 36.3 Å². The van der Waals surface area contributed by atoms with Gasteiger partial charge in [-0.05, 0) is 55.8 Å². The summed E-state index contributed by atoms with van der Waals surface area (Å²) in [4.78, 5) is 26.3. The molecule has 0 aliphatic heterocycles. The largest absolute Gasteiger partial charge is 0.325 e. The molecule has 2 aromatic rings. The van der Waals surface area contributed by atoms with Gasteiger partial charge in [0, 0.05) is 16.4 Å². The highest BCUT2D eigenvalue weighted by molar-refractivity contribution is 6.31. The Bertz CT molecular complexity index is 792. The smallest absolute Gasteiger partial charge is 0.238 e. The summed E-state index contributed by atoms with van der Waals surface area (Å²) in [5.41, 5.74) is 3.45. The molecule has 0 bridgehead atoms. The van der Waals surface area contributed by atoms with Crippen LogP contribution in [0.1, 0.15) is 18.1 Å². The Balaban J connectivity index is 1.90. The first-order valence-corrected chi connectivity index (χ1v) is 8.90. The van der Waals surface area contributed by atoms with E-state index in [-0.39, 0.29) is 24.9 Å². The molecule has 0 saturated carbocycles. The highest BCUT2D eigenvalue weighted by Gasteiger charge is 2.14. The fourth-order valence-electron chi connectivity index (χ4n) is 2.53. The number of hydrogen-bond acceptors (Lipinski definition) is 3. The van der Waals surface area contributed by atoms with E-state index in [9.17, 15) is 9.59 Å². The number of amides is 2. The lowest BCUT2D eigenvalue weighted by molar-refractivity contribution is -0.119. The summed E-state index contributed by atoms with van der Waals surface area (Å²) < 4.78 is 0. The number of hydrogen-bond donors (Lipinski definition) is 2. The fourth-order valence-corrected chi connectivity index (χ4v) is 2.70. The van der Waals surface area contributed by atoms with Gasteiger partial charge in [0.1, 0.15) is 0 Å². The topological polar surface area (TPSA) is 61.4 Å². The Kier molecular flexibility index (Phi) is 7.18. The molecule has 26 heavy (non-hydrogen) atoms. The van der Waals surface area contributed by atoms with Crippen LogP contribution in [-0.2, 0) is 9.59 Å². The van der Waals surface area contributed by atoms with Gasteiger partial charge >= 0.3 is 0 Å². The van der Waals surface area contributed by atoms with E-state index in [1.807, 2.05) is 51.1 Å². The normalized spacial score (nSPS) is 10.7. The van der Waals surface area contributed by atoms with Gasteiger partial charge in [-0.2, -0.15) is 0 Å². The van der Waals surface area contributed by atoms with Crippen molar-refractivity contribution in [2.45, 2.75) is 20.8 Å². The van der Waals surface area contributed by atoms with Crippen LogP contribution in [0.5, 0.6) is 0 Å². The van der Waals surface area contributed by atoms with Crippen LogP contribution >= 0.6 is 11.6 Å². The second-order valence-corrected chi connectivity index (χ2v) is 6.66. The van der Waals surface area contributed by atoms with E-state index in [4.69, 9.17) is 11.6 Å². The molecule has 0 aromatic heterocycles. The molecular weight excluding hydrogens is 350 g/mol. The van der Waals surface area contributed by atoms with Gasteiger partial charge in [0.25, 0.3) is 0 Å². The Morgan fingerprint density at radius 2 is 1.69 bits per heavy atom. The van der Waals surface area contributed by atoms with E-state index in [2.05, 4.69) is 10.6 Å². The third-order valence-corrected chi connectivity index (χ3v) is 4.19. The van der Waals surface area contributed by atoms with Crippen LogP contribution in [0.15, 0.2) is 42.5 Å². The first kappa shape index (κ1) is 19.9. The lowest BCUT2D eigenvalue weighted by Gasteiger charge is -2.20. The number of carbonyl (C=O) groups is 2. The molecular formula is C20H24ClN3O2. The summed E-state index contributed by atoms with van der Waals surface area (Å²) in [6, 6.07) is 13.0. The van der Waals surface area contributed by atoms with Crippen LogP contribution < -0.4 is 10.6 Å². The van der Waals surface area contributed by atoms with E-state index < -0.39 is 0 Å². The van der Waals surface area contributed by atoms with Crippen LogP contribution in [0.2, 0.25) is 5.02 Å². The zero-order chi connectivity index (χ0) is 19.1. The zero-order valence-electron chi connectivity index (χ0n) is 15.3. The van der Waals surface area contributed by atoms with Gasteiger partial charge in [0.15, 0.2) is 0 Å². The Morgan fingerprint density at radius 3 is 2.35 bits per heavy atom. The minimum Gasteiger partial charge on any atom is -0.325 e. The molecule has 0 fully saturated rings. The number of rotatable bonds is 7. The Labute approximate surface area is 159 Å². The SMILES string of the molecule is CCN(CC(=O)Nc1cccc(C)c1)CC(=O)Nc1cc(Cl)ccc1C. The summed E-state index contributed by atoms with van der Waals surface area (Å²) in [7, 11) is 0. The highest BCUT2D eigenvalue weighted by Crippen LogP contribution is 2.20. The minimum absolute atomic E-state index is 0.129. The summed E-state index contributed by atoms with van der Waals surface area (Å²) in [6.45, 7) is 6.64. The van der Waals surface area contributed by atoms with Crippen molar-refractivity contribution in [2.24, 2.45) is 0 Å². The predicted molar refractivity (Wildman–Crippen MR) is 107 cm³/mol. The number of halogens is 1. The van der Waals surface area contributed by atoms with E-state index in [0.29, 0.717) is 17.3 Å². The van der Waals surface area contributed by atoms with Gasteiger partial charge in [-0.15, -0.1) is 0 Å². The van der Waals surface area contributed by atoms with Crippen LogP contribution in [0.4, 0.5) is 11.4 Å². The number of nitrogens with zero attached hydrogens (tertiary/aromatic N) is 1.